The van der Waals surface area contributed by atoms with Gasteiger partial charge in [-0.1, -0.05) is 50.3 Å². The molecule has 0 spiro atoms. The lowest BCUT2D eigenvalue weighted by atomic mass is 9.84. The van der Waals surface area contributed by atoms with Gasteiger partial charge in [-0.25, -0.2) is 0 Å². The van der Waals surface area contributed by atoms with Crippen LogP contribution in [0.5, 0.6) is 0 Å². The first-order valence-electron chi connectivity index (χ1n) is 7.43. The number of aryl methyl sites for hydroxylation is 2. The molecule has 100 valence electrons. The van der Waals surface area contributed by atoms with Crippen molar-refractivity contribution in [3.05, 3.63) is 34.9 Å². The van der Waals surface area contributed by atoms with Crippen LogP contribution >= 0.6 is 0 Å². The van der Waals surface area contributed by atoms with Crippen molar-refractivity contribution >= 4 is 0 Å². The maximum Gasteiger partial charge on any atom is 0.0818 e. The van der Waals surface area contributed by atoms with Crippen molar-refractivity contribution < 1.29 is 5.11 Å². The Hall–Kier alpha value is -0.820. The van der Waals surface area contributed by atoms with Gasteiger partial charge < -0.3 is 5.11 Å². The van der Waals surface area contributed by atoms with Gasteiger partial charge in [0.05, 0.1) is 6.10 Å². The van der Waals surface area contributed by atoms with E-state index in [2.05, 4.69) is 32.0 Å². The lowest BCUT2D eigenvalue weighted by molar-refractivity contribution is 0.0912. The van der Waals surface area contributed by atoms with E-state index in [9.17, 15) is 5.11 Å². The highest BCUT2D eigenvalue weighted by Crippen LogP contribution is 2.33. The first kappa shape index (κ1) is 13.6. The summed E-state index contributed by atoms with van der Waals surface area (Å²) in [6.45, 7) is 4.25. The highest BCUT2D eigenvalue weighted by molar-refractivity contribution is 5.31. The summed E-state index contributed by atoms with van der Waals surface area (Å²) in [6, 6.07) is 6.40. The highest BCUT2D eigenvalue weighted by Gasteiger charge is 2.21. The minimum absolute atomic E-state index is 0.262. The van der Waals surface area contributed by atoms with Gasteiger partial charge in [0.2, 0.25) is 0 Å². The van der Waals surface area contributed by atoms with Gasteiger partial charge in [-0.05, 0) is 49.3 Å². The molecule has 1 nitrogen and oxygen atoms in total. The molecule has 18 heavy (non-hydrogen) atoms. The number of aliphatic hydroxyl groups is 1. The van der Waals surface area contributed by atoms with Gasteiger partial charge in [-0.2, -0.15) is 0 Å². The summed E-state index contributed by atoms with van der Waals surface area (Å²) in [5.41, 5.74) is 3.71. The third-order valence-electron chi connectivity index (χ3n) is 4.47. The van der Waals surface area contributed by atoms with Gasteiger partial charge in [-0.15, -0.1) is 0 Å². The molecule has 0 saturated heterocycles. The maximum atomic E-state index is 10.6. The molecular weight excluding hydrogens is 220 g/mol. The molecule has 1 atom stereocenters. The van der Waals surface area contributed by atoms with E-state index in [1.807, 2.05) is 0 Å². The van der Waals surface area contributed by atoms with Crippen molar-refractivity contribution in [1.29, 1.82) is 0 Å². The predicted molar refractivity (Wildman–Crippen MR) is 76.7 cm³/mol. The summed E-state index contributed by atoms with van der Waals surface area (Å²) in [6.07, 6.45) is 8.75. The fourth-order valence-electron chi connectivity index (χ4n) is 3.02. The molecule has 0 amide bonds. The van der Waals surface area contributed by atoms with Crippen LogP contribution in [0.3, 0.4) is 0 Å². The Morgan fingerprint density at radius 3 is 2.17 bits per heavy atom. The largest absolute Gasteiger partial charge is 0.388 e. The van der Waals surface area contributed by atoms with E-state index in [-0.39, 0.29) is 6.10 Å². The molecule has 0 aliphatic heterocycles. The fraction of sp³-hybridized carbons (Fsp3) is 0.647. The predicted octanol–water partition coefficient (Wildman–Crippen LogP) is 4.70. The molecule has 0 radical (unpaired) electrons. The molecule has 1 aromatic carbocycles. The van der Waals surface area contributed by atoms with Crippen LogP contribution in [0.15, 0.2) is 18.2 Å². The topological polar surface area (TPSA) is 20.2 Å². The third-order valence-corrected chi connectivity index (χ3v) is 4.47. The van der Waals surface area contributed by atoms with Gasteiger partial charge in [-0.3, -0.25) is 0 Å². The van der Waals surface area contributed by atoms with Crippen LogP contribution in [-0.2, 0) is 0 Å². The van der Waals surface area contributed by atoms with Crippen LogP contribution < -0.4 is 0 Å². The van der Waals surface area contributed by atoms with Crippen LogP contribution in [0.1, 0.15) is 67.7 Å². The van der Waals surface area contributed by atoms with Gasteiger partial charge in [0.15, 0.2) is 0 Å². The lowest BCUT2D eigenvalue weighted by Gasteiger charge is -2.25. The molecule has 1 aromatic rings. The second-order valence-corrected chi connectivity index (χ2v) is 5.89. The van der Waals surface area contributed by atoms with Gasteiger partial charge in [0.25, 0.3) is 0 Å². The summed E-state index contributed by atoms with van der Waals surface area (Å²) in [5.74, 6) is 0.465. The van der Waals surface area contributed by atoms with Crippen molar-refractivity contribution in [3.8, 4) is 0 Å². The van der Waals surface area contributed by atoms with Crippen LogP contribution in [-0.4, -0.2) is 5.11 Å². The quantitative estimate of drug-likeness (QED) is 0.802. The highest BCUT2D eigenvalue weighted by atomic mass is 16.3. The van der Waals surface area contributed by atoms with Crippen molar-refractivity contribution in [1.82, 2.24) is 0 Å². The zero-order valence-electron chi connectivity index (χ0n) is 11.8. The summed E-state index contributed by atoms with van der Waals surface area (Å²) < 4.78 is 0. The Morgan fingerprint density at radius 2 is 1.56 bits per heavy atom. The lowest BCUT2D eigenvalue weighted by Crippen LogP contribution is -2.14. The second-order valence-electron chi connectivity index (χ2n) is 5.89. The summed E-state index contributed by atoms with van der Waals surface area (Å²) in [4.78, 5) is 0. The van der Waals surface area contributed by atoms with E-state index in [1.54, 1.807) is 0 Å². The Morgan fingerprint density at radius 1 is 0.944 bits per heavy atom. The molecular formula is C17H26O. The molecule has 1 unspecified atom stereocenters. The molecule has 1 heteroatoms. The first-order chi connectivity index (χ1) is 8.68. The number of hydrogen-bond acceptors (Lipinski definition) is 1. The molecule has 0 aromatic heterocycles. The number of rotatable bonds is 2. The zero-order chi connectivity index (χ0) is 13.0. The first-order valence-corrected chi connectivity index (χ1v) is 7.43. The van der Waals surface area contributed by atoms with E-state index in [0.29, 0.717) is 5.92 Å². The molecule has 2 rings (SSSR count). The van der Waals surface area contributed by atoms with E-state index < -0.39 is 0 Å². The minimum atomic E-state index is -0.262. The van der Waals surface area contributed by atoms with E-state index >= 15 is 0 Å². The average Bonchev–Trinajstić information content (AvgIpc) is 2.31. The number of benzene rings is 1. The van der Waals surface area contributed by atoms with Crippen molar-refractivity contribution in [2.45, 2.75) is 64.9 Å². The minimum Gasteiger partial charge on any atom is -0.388 e. The zero-order valence-corrected chi connectivity index (χ0v) is 11.8. The van der Waals surface area contributed by atoms with Crippen LogP contribution in [0, 0.1) is 19.8 Å². The molecule has 0 bridgehead atoms. The standard InChI is InChI=1S/C17H26O/c1-13-10-11-16(12-14(13)2)17(18)15-8-6-4-3-5-7-9-15/h10-12,15,17-18H,3-9H2,1-2H3. The summed E-state index contributed by atoms with van der Waals surface area (Å²) in [7, 11) is 0. The maximum absolute atomic E-state index is 10.6. The Balaban J connectivity index is 2.08. The summed E-state index contributed by atoms with van der Waals surface area (Å²) in [5, 5.41) is 10.6. The van der Waals surface area contributed by atoms with Gasteiger partial charge >= 0.3 is 0 Å². The number of aliphatic hydroxyl groups excluding tert-OH is 1. The van der Waals surface area contributed by atoms with E-state index in [4.69, 9.17) is 0 Å². The normalized spacial score (nSPS) is 20.2. The number of hydrogen-bond donors (Lipinski definition) is 1. The molecule has 1 aliphatic carbocycles. The van der Waals surface area contributed by atoms with Crippen LogP contribution in [0.4, 0.5) is 0 Å². The van der Waals surface area contributed by atoms with Crippen molar-refractivity contribution in [2.24, 2.45) is 5.92 Å². The third kappa shape index (κ3) is 3.35. The molecule has 1 aliphatic rings. The van der Waals surface area contributed by atoms with Gasteiger partial charge in [0.1, 0.15) is 0 Å². The fourth-order valence-corrected chi connectivity index (χ4v) is 3.02. The molecule has 1 fully saturated rings. The molecule has 1 N–H and O–H groups in total. The molecule has 0 heterocycles. The van der Waals surface area contributed by atoms with E-state index in [0.717, 1.165) is 5.56 Å². The monoisotopic (exact) mass is 246 g/mol. The Bertz CT molecular complexity index is 375. The second kappa shape index (κ2) is 6.38. The Labute approximate surface area is 111 Å². The summed E-state index contributed by atoms with van der Waals surface area (Å²) >= 11 is 0. The SMILES string of the molecule is Cc1ccc(C(O)C2CCCCCCC2)cc1C. The van der Waals surface area contributed by atoms with Crippen molar-refractivity contribution in [3.63, 3.8) is 0 Å². The molecule has 1 saturated carbocycles. The van der Waals surface area contributed by atoms with Gasteiger partial charge in [0, 0.05) is 0 Å². The Kier molecular flexibility index (Phi) is 4.82. The van der Waals surface area contributed by atoms with Crippen molar-refractivity contribution in [2.75, 3.05) is 0 Å². The average molecular weight is 246 g/mol. The smallest absolute Gasteiger partial charge is 0.0818 e. The van der Waals surface area contributed by atoms with Crippen LogP contribution in [0.25, 0.3) is 0 Å². The van der Waals surface area contributed by atoms with E-state index in [1.165, 1.54) is 56.1 Å². The van der Waals surface area contributed by atoms with Crippen LogP contribution in [0.2, 0.25) is 0 Å².